The van der Waals surface area contributed by atoms with Crippen LogP contribution in [0.2, 0.25) is 0 Å². The maximum absolute atomic E-state index is 12.7. The zero-order valence-electron chi connectivity index (χ0n) is 12.4. The Morgan fingerprint density at radius 1 is 1.36 bits per heavy atom. The van der Waals surface area contributed by atoms with Crippen molar-refractivity contribution in [2.24, 2.45) is 0 Å². The largest absolute Gasteiger partial charge is 0.481 e. The number of hydrogen-bond donors (Lipinski definition) is 1. The quantitative estimate of drug-likeness (QED) is 0.930. The molecule has 0 radical (unpaired) electrons. The first kappa shape index (κ1) is 16.6. The van der Waals surface area contributed by atoms with E-state index in [2.05, 4.69) is 0 Å². The number of benzene rings is 1. The predicted molar refractivity (Wildman–Crippen MR) is 73.5 cm³/mol. The highest BCUT2D eigenvalue weighted by atomic mass is 19.4. The summed E-state index contributed by atoms with van der Waals surface area (Å²) in [6, 6.07) is 7.00. The van der Waals surface area contributed by atoms with E-state index >= 15 is 0 Å². The zero-order valence-corrected chi connectivity index (χ0v) is 12.4. The van der Waals surface area contributed by atoms with E-state index in [0.717, 1.165) is 10.5 Å². The number of hydrogen-bond acceptors (Lipinski definition) is 3. The van der Waals surface area contributed by atoms with E-state index in [1.165, 1.54) is 6.92 Å². The molecular formula is C15H18F3NO3. The molecule has 0 aromatic heterocycles. The number of amides is 1. The predicted octanol–water partition coefficient (Wildman–Crippen LogP) is 2.29. The fourth-order valence-corrected chi connectivity index (χ4v) is 2.34. The molecule has 1 aromatic rings. The molecule has 122 valence electrons. The van der Waals surface area contributed by atoms with Crippen molar-refractivity contribution in [1.29, 1.82) is 0 Å². The Balaban J connectivity index is 1.99. The van der Waals surface area contributed by atoms with E-state index < -0.39 is 36.8 Å². The lowest BCUT2D eigenvalue weighted by atomic mass is 10.0. The number of nitrogens with zero attached hydrogens (tertiary/aromatic N) is 1. The third kappa shape index (κ3) is 3.35. The fraction of sp³-hybridized carbons (Fsp3) is 0.533. The molecule has 1 aliphatic heterocycles. The van der Waals surface area contributed by atoms with Crippen LogP contribution < -0.4 is 4.74 Å². The summed E-state index contributed by atoms with van der Waals surface area (Å²) in [5, 5.41) is 9.59. The summed E-state index contributed by atoms with van der Waals surface area (Å²) in [4.78, 5) is 13.1. The molecule has 1 saturated heterocycles. The van der Waals surface area contributed by atoms with Crippen molar-refractivity contribution in [3.8, 4) is 5.75 Å². The molecule has 0 saturated carbocycles. The van der Waals surface area contributed by atoms with E-state index in [0.29, 0.717) is 5.75 Å². The molecule has 1 N–H and O–H groups in total. The minimum atomic E-state index is -4.75. The van der Waals surface area contributed by atoms with Crippen LogP contribution in [0.1, 0.15) is 18.9 Å². The molecule has 1 aliphatic rings. The molecule has 22 heavy (non-hydrogen) atoms. The fourth-order valence-electron chi connectivity index (χ4n) is 2.34. The van der Waals surface area contributed by atoms with Gasteiger partial charge in [0, 0.05) is 13.0 Å². The topological polar surface area (TPSA) is 49.8 Å². The van der Waals surface area contributed by atoms with Crippen molar-refractivity contribution in [1.82, 2.24) is 4.90 Å². The van der Waals surface area contributed by atoms with Gasteiger partial charge >= 0.3 is 6.18 Å². The van der Waals surface area contributed by atoms with Gasteiger partial charge in [-0.1, -0.05) is 17.7 Å². The Labute approximate surface area is 126 Å². The molecule has 2 unspecified atom stereocenters. The molecule has 1 fully saturated rings. The summed E-state index contributed by atoms with van der Waals surface area (Å²) in [5.74, 6) is -0.0996. The Kier molecular flexibility index (Phi) is 4.37. The number of carbonyl (C=O) groups is 1. The van der Waals surface area contributed by atoms with Gasteiger partial charge in [-0.2, -0.15) is 13.2 Å². The van der Waals surface area contributed by atoms with Crippen LogP contribution in [0.3, 0.4) is 0 Å². The van der Waals surface area contributed by atoms with Gasteiger partial charge < -0.3 is 14.7 Å². The number of aryl methyl sites for hydroxylation is 1. The van der Waals surface area contributed by atoms with Crippen LogP contribution in [0.15, 0.2) is 24.3 Å². The van der Waals surface area contributed by atoms with Crippen molar-refractivity contribution >= 4 is 5.91 Å². The van der Waals surface area contributed by atoms with E-state index in [1.54, 1.807) is 12.1 Å². The minimum Gasteiger partial charge on any atom is -0.481 e. The Morgan fingerprint density at radius 2 is 1.95 bits per heavy atom. The van der Waals surface area contributed by atoms with Crippen LogP contribution in [0, 0.1) is 6.92 Å². The Hall–Kier alpha value is -1.76. The van der Waals surface area contributed by atoms with E-state index in [9.17, 15) is 23.1 Å². The van der Waals surface area contributed by atoms with Crippen LogP contribution in [-0.2, 0) is 4.79 Å². The van der Waals surface area contributed by atoms with Crippen molar-refractivity contribution in [3.63, 3.8) is 0 Å². The average Bonchev–Trinajstić information content (AvgIpc) is 2.84. The summed E-state index contributed by atoms with van der Waals surface area (Å²) >= 11 is 0. The molecule has 0 spiro atoms. The van der Waals surface area contributed by atoms with Crippen LogP contribution in [0.25, 0.3) is 0 Å². The van der Waals surface area contributed by atoms with Gasteiger partial charge in [-0.05, 0) is 26.0 Å². The van der Waals surface area contributed by atoms with Crippen LogP contribution in [0.5, 0.6) is 5.75 Å². The van der Waals surface area contributed by atoms with Crippen LogP contribution in [-0.4, -0.2) is 46.9 Å². The third-order valence-electron chi connectivity index (χ3n) is 3.77. The summed E-state index contributed by atoms with van der Waals surface area (Å²) in [7, 11) is 0. The number of carbonyl (C=O) groups excluding carboxylic acids is 1. The second-order valence-electron chi connectivity index (χ2n) is 5.61. The Morgan fingerprint density at radius 3 is 2.45 bits per heavy atom. The van der Waals surface area contributed by atoms with Gasteiger partial charge in [-0.15, -0.1) is 0 Å². The van der Waals surface area contributed by atoms with Crippen molar-refractivity contribution < 1.29 is 27.8 Å². The molecule has 2 rings (SSSR count). The highest BCUT2D eigenvalue weighted by Gasteiger charge is 2.58. The standard InChI is InChI=1S/C15H18F3NO3/c1-10-3-5-12(6-4-10)22-11(2)13(20)19-8-7-14(21,9-19)15(16,17)18/h3-6,11,21H,7-9H2,1-2H3. The molecule has 0 bridgehead atoms. The van der Waals surface area contributed by atoms with Crippen LogP contribution in [0.4, 0.5) is 13.2 Å². The molecule has 1 aromatic carbocycles. The normalized spacial score (nSPS) is 23.5. The second kappa shape index (κ2) is 5.79. The van der Waals surface area contributed by atoms with Gasteiger partial charge in [0.25, 0.3) is 5.91 Å². The van der Waals surface area contributed by atoms with Crippen molar-refractivity contribution in [2.75, 3.05) is 13.1 Å². The molecule has 2 atom stereocenters. The third-order valence-corrected chi connectivity index (χ3v) is 3.77. The highest BCUT2D eigenvalue weighted by Crippen LogP contribution is 2.37. The molecular weight excluding hydrogens is 299 g/mol. The van der Waals surface area contributed by atoms with Gasteiger partial charge in [0.1, 0.15) is 5.75 Å². The Bertz CT molecular complexity index is 544. The number of β-amino-alcohol motifs (C(OH)–C–C–N with tert-alkyl or cyclic N) is 1. The van der Waals surface area contributed by atoms with Gasteiger partial charge in [-0.25, -0.2) is 0 Å². The summed E-state index contributed by atoms with van der Waals surface area (Å²) < 4.78 is 43.7. The first-order chi connectivity index (χ1) is 10.1. The molecule has 4 nitrogen and oxygen atoms in total. The van der Waals surface area contributed by atoms with Crippen molar-refractivity contribution in [2.45, 2.75) is 38.1 Å². The maximum atomic E-state index is 12.7. The van der Waals surface area contributed by atoms with E-state index in [4.69, 9.17) is 4.74 Å². The summed E-state index contributed by atoms with van der Waals surface area (Å²) in [6.07, 6.45) is -6.18. The molecule has 1 heterocycles. The first-order valence-electron chi connectivity index (χ1n) is 6.94. The first-order valence-corrected chi connectivity index (χ1v) is 6.94. The molecule has 1 amide bonds. The SMILES string of the molecule is Cc1ccc(OC(C)C(=O)N2CCC(O)(C(F)(F)F)C2)cc1. The number of rotatable bonds is 3. The van der Waals surface area contributed by atoms with Gasteiger partial charge in [-0.3, -0.25) is 4.79 Å². The number of alkyl halides is 3. The lowest BCUT2D eigenvalue weighted by Gasteiger charge is -2.27. The zero-order chi connectivity index (χ0) is 16.5. The van der Waals surface area contributed by atoms with Crippen LogP contribution >= 0.6 is 0 Å². The summed E-state index contributed by atoms with van der Waals surface area (Å²) in [5.41, 5.74) is -1.80. The number of likely N-dealkylation sites (tertiary alicyclic amines) is 1. The smallest absolute Gasteiger partial charge is 0.419 e. The van der Waals surface area contributed by atoms with E-state index in [-0.39, 0.29) is 6.54 Å². The maximum Gasteiger partial charge on any atom is 0.419 e. The second-order valence-corrected chi connectivity index (χ2v) is 5.61. The monoisotopic (exact) mass is 317 g/mol. The number of ether oxygens (including phenoxy) is 1. The van der Waals surface area contributed by atoms with Gasteiger partial charge in [0.2, 0.25) is 0 Å². The minimum absolute atomic E-state index is 0.142. The van der Waals surface area contributed by atoms with Crippen molar-refractivity contribution in [3.05, 3.63) is 29.8 Å². The summed E-state index contributed by atoms with van der Waals surface area (Å²) in [6.45, 7) is 2.49. The lowest BCUT2D eigenvalue weighted by Crippen LogP contribution is -2.49. The molecule has 7 heteroatoms. The average molecular weight is 317 g/mol. The lowest BCUT2D eigenvalue weighted by molar-refractivity contribution is -0.253. The van der Waals surface area contributed by atoms with Gasteiger partial charge in [0.15, 0.2) is 11.7 Å². The van der Waals surface area contributed by atoms with E-state index in [1.807, 2.05) is 19.1 Å². The highest BCUT2D eigenvalue weighted by molar-refractivity contribution is 5.81. The molecule has 0 aliphatic carbocycles. The number of aliphatic hydroxyl groups is 1. The van der Waals surface area contributed by atoms with Gasteiger partial charge in [0.05, 0.1) is 6.54 Å². The number of halogens is 3.